The molecule has 3 atom stereocenters. The number of nitrogens with zero attached hydrogens (tertiary/aromatic N) is 3. The van der Waals surface area contributed by atoms with Crippen LogP contribution in [0.1, 0.15) is 25.8 Å². The van der Waals surface area contributed by atoms with Crippen molar-refractivity contribution in [2.24, 2.45) is 5.16 Å². The Morgan fingerprint density at radius 1 is 1.26 bits per heavy atom. The molecule has 1 aromatic heterocycles. The molecule has 0 saturated carbocycles. The van der Waals surface area contributed by atoms with E-state index in [0.29, 0.717) is 36.5 Å². The van der Waals surface area contributed by atoms with E-state index in [4.69, 9.17) is 14.3 Å². The summed E-state index contributed by atoms with van der Waals surface area (Å²) in [7, 11) is -3.75. The molecule has 1 N–H and O–H groups in total. The molecule has 1 aromatic carbocycles. The Kier molecular flexibility index (Phi) is 7.57. The fourth-order valence-corrected chi connectivity index (χ4v) is 5.81. The number of hydrogen-bond donors (Lipinski definition) is 1. The first-order valence-corrected chi connectivity index (χ1v) is 13.0. The molecular formula is C21H25FN4O6S2. The third-order valence-electron chi connectivity index (χ3n) is 5.25. The lowest BCUT2D eigenvalue weighted by Crippen LogP contribution is -2.48. The van der Waals surface area contributed by atoms with E-state index in [9.17, 15) is 17.6 Å². The summed E-state index contributed by atoms with van der Waals surface area (Å²) in [5.74, 6) is -0.667. The number of rotatable bonds is 7. The summed E-state index contributed by atoms with van der Waals surface area (Å²) in [5, 5.41) is 6.02. The number of nitrogens with one attached hydrogen (secondary N) is 1. The van der Waals surface area contributed by atoms with Crippen LogP contribution in [0.25, 0.3) is 0 Å². The first-order chi connectivity index (χ1) is 16.2. The molecule has 0 radical (unpaired) electrons. The lowest BCUT2D eigenvalue weighted by Gasteiger charge is -2.34. The summed E-state index contributed by atoms with van der Waals surface area (Å²) >= 11 is 0.673. The Bertz CT molecular complexity index is 1140. The number of aromatic nitrogens is 1. The second-order valence-electron chi connectivity index (χ2n) is 8.06. The zero-order valence-electron chi connectivity index (χ0n) is 18.6. The van der Waals surface area contributed by atoms with E-state index in [-0.39, 0.29) is 47.1 Å². The van der Waals surface area contributed by atoms with Crippen molar-refractivity contribution in [3.8, 4) is 0 Å². The molecule has 184 valence electrons. The molecule has 0 unspecified atom stereocenters. The van der Waals surface area contributed by atoms with Gasteiger partial charge in [-0.3, -0.25) is 10.1 Å². The maximum Gasteiger partial charge on any atom is 0.280 e. The number of anilines is 1. The second kappa shape index (κ2) is 10.4. The first kappa shape index (κ1) is 24.7. The number of benzene rings is 1. The van der Waals surface area contributed by atoms with Crippen LogP contribution >= 0.6 is 11.3 Å². The van der Waals surface area contributed by atoms with Gasteiger partial charge in [0.1, 0.15) is 0 Å². The lowest BCUT2D eigenvalue weighted by molar-refractivity contribution is -0.110. The number of oxime groups is 1. The van der Waals surface area contributed by atoms with Crippen LogP contribution in [0.4, 0.5) is 9.52 Å². The van der Waals surface area contributed by atoms with E-state index in [0.717, 1.165) is 6.20 Å². The second-order valence-corrected chi connectivity index (χ2v) is 11.0. The fourth-order valence-electron chi connectivity index (χ4n) is 3.68. The zero-order valence-corrected chi connectivity index (χ0v) is 20.3. The van der Waals surface area contributed by atoms with Gasteiger partial charge < -0.3 is 14.3 Å². The quantitative estimate of drug-likeness (QED) is 0.446. The topological polar surface area (TPSA) is 119 Å². The third-order valence-corrected chi connectivity index (χ3v) is 7.79. The molecule has 13 heteroatoms. The molecule has 0 spiro atoms. The largest absolute Gasteiger partial charge is 0.389 e. The molecule has 2 aliphatic rings. The van der Waals surface area contributed by atoms with Crippen molar-refractivity contribution in [3.63, 3.8) is 0 Å². The van der Waals surface area contributed by atoms with Gasteiger partial charge in [0.25, 0.3) is 5.91 Å². The predicted octanol–water partition coefficient (Wildman–Crippen LogP) is 2.23. The highest BCUT2D eigenvalue weighted by atomic mass is 32.2. The average Bonchev–Trinajstić information content (AvgIpc) is 3.45. The fraction of sp³-hybridized carbons (Fsp3) is 0.476. The van der Waals surface area contributed by atoms with Crippen molar-refractivity contribution in [2.45, 2.75) is 43.5 Å². The molecule has 2 aliphatic heterocycles. The van der Waals surface area contributed by atoms with Gasteiger partial charge in [0.05, 0.1) is 36.5 Å². The number of sulfonamides is 1. The van der Waals surface area contributed by atoms with Crippen molar-refractivity contribution >= 4 is 38.1 Å². The third kappa shape index (κ3) is 5.78. The van der Waals surface area contributed by atoms with E-state index >= 15 is 0 Å². The van der Waals surface area contributed by atoms with E-state index in [1.807, 2.05) is 13.8 Å². The van der Waals surface area contributed by atoms with Crippen LogP contribution in [0, 0.1) is 5.13 Å². The highest BCUT2D eigenvalue weighted by molar-refractivity contribution is 7.89. The van der Waals surface area contributed by atoms with E-state index in [2.05, 4.69) is 15.5 Å². The average molecular weight is 513 g/mol. The summed E-state index contributed by atoms with van der Waals surface area (Å²) in [4.78, 5) is 22.2. The van der Waals surface area contributed by atoms with Gasteiger partial charge in [0.2, 0.25) is 10.0 Å². The Labute approximate surface area is 200 Å². The summed E-state index contributed by atoms with van der Waals surface area (Å²) in [6.45, 7) is 5.05. The highest BCUT2D eigenvalue weighted by Gasteiger charge is 2.32. The molecule has 0 aliphatic carbocycles. The monoisotopic (exact) mass is 512 g/mol. The van der Waals surface area contributed by atoms with Crippen LogP contribution in [0.2, 0.25) is 0 Å². The normalized spacial score (nSPS) is 24.2. The van der Waals surface area contributed by atoms with Gasteiger partial charge in [-0.2, -0.15) is 8.70 Å². The number of carbonyl (C=O) groups excluding carboxylic acids is 1. The minimum Gasteiger partial charge on any atom is -0.389 e. The van der Waals surface area contributed by atoms with Gasteiger partial charge in [-0.15, -0.1) is 0 Å². The summed E-state index contributed by atoms with van der Waals surface area (Å²) in [6, 6.07) is 5.80. The predicted molar refractivity (Wildman–Crippen MR) is 123 cm³/mol. The smallest absolute Gasteiger partial charge is 0.280 e. The van der Waals surface area contributed by atoms with Crippen LogP contribution in [-0.2, 0) is 29.1 Å². The number of morpholine rings is 1. The number of thiazole rings is 1. The van der Waals surface area contributed by atoms with Crippen molar-refractivity contribution in [2.75, 3.05) is 31.6 Å². The minimum atomic E-state index is -3.75. The molecule has 4 rings (SSSR count). The number of ether oxygens (including phenoxy) is 2. The number of hydrogen-bond acceptors (Lipinski definition) is 9. The molecule has 2 saturated heterocycles. The Morgan fingerprint density at radius 2 is 1.97 bits per heavy atom. The number of amides is 1. The van der Waals surface area contributed by atoms with Gasteiger partial charge in [0, 0.05) is 25.1 Å². The van der Waals surface area contributed by atoms with Crippen LogP contribution < -0.4 is 5.32 Å². The standard InChI is InChI=1S/C21H25FN4O6S2/c1-13-10-26(11-14(2)31-13)34(28,29)17-5-3-15(4-6-17)19(25-32-16-7-8-30-12-16)20(27)24-21-23-9-18(22)33-21/h3-6,9,13-14,16H,7-8,10-12H2,1-2H3,(H,23,24,27)/t13-,14+,16-/m1/s1. The first-order valence-electron chi connectivity index (χ1n) is 10.7. The van der Waals surface area contributed by atoms with Crippen LogP contribution in [0.3, 0.4) is 0 Å². The molecule has 2 fully saturated rings. The summed E-state index contributed by atoms with van der Waals surface area (Å²) in [5.41, 5.74) is 0.233. The summed E-state index contributed by atoms with van der Waals surface area (Å²) < 4.78 is 51.8. The zero-order chi connectivity index (χ0) is 24.3. The van der Waals surface area contributed by atoms with Gasteiger partial charge >= 0.3 is 0 Å². The van der Waals surface area contributed by atoms with Gasteiger partial charge in [-0.1, -0.05) is 28.6 Å². The molecule has 1 amide bonds. The number of carbonyl (C=O) groups is 1. The van der Waals surface area contributed by atoms with E-state index in [1.54, 1.807) is 0 Å². The van der Waals surface area contributed by atoms with Crippen molar-refractivity contribution in [1.82, 2.24) is 9.29 Å². The molecule has 3 heterocycles. The van der Waals surface area contributed by atoms with Gasteiger partial charge in [0.15, 0.2) is 22.1 Å². The molecule has 2 aromatic rings. The van der Waals surface area contributed by atoms with Crippen molar-refractivity contribution in [3.05, 3.63) is 41.2 Å². The van der Waals surface area contributed by atoms with Crippen LogP contribution in [0.15, 0.2) is 40.5 Å². The van der Waals surface area contributed by atoms with Gasteiger partial charge in [-0.25, -0.2) is 13.4 Å². The molecule has 34 heavy (non-hydrogen) atoms. The Morgan fingerprint density at radius 3 is 2.56 bits per heavy atom. The van der Waals surface area contributed by atoms with Gasteiger partial charge in [-0.05, 0) is 26.0 Å². The maximum atomic E-state index is 13.3. The van der Waals surface area contributed by atoms with E-state index in [1.165, 1.54) is 28.6 Å². The number of halogens is 1. The van der Waals surface area contributed by atoms with E-state index < -0.39 is 21.1 Å². The summed E-state index contributed by atoms with van der Waals surface area (Å²) in [6.07, 6.45) is 0.894. The molecule has 10 nitrogen and oxygen atoms in total. The highest BCUT2D eigenvalue weighted by Crippen LogP contribution is 2.22. The van der Waals surface area contributed by atoms with Crippen molar-refractivity contribution < 1.29 is 31.9 Å². The molecular weight excluding hydrogens is 487 g/mol. The maximum absolute atomic E-state index is 13.3. The van der Waals surface area contributed by atoms with Crippen LogP contribution in [0.5, 0.6) is 0 Å². The Hall–Kier alpha value is -2.45. The Balaban J connectivity index is 1.57. The van der Waals surface area contributed by atoms with Crippen LogP contribution in [-0.4, -0.2) is 73.9 Å². The SMILES string of the molecule is C[C@@H]1CN(S(=O)(=O)c2ccc(C(=NO[C@@H]3CCOC3)C(=O)Nc3ncc(F)s3)cc2)C[C@H](C)O1. The molecule has 0 bridgehead atoms. The lowest BCUT2D eigenvalue weighted by atomic mass is 10.1. The minimum absolute atomic E-state index is 0.0640. The van der Waals surface area contributed by atoms with Crippen molar-refractivity contribution in [1.29, 1.82) is 0 Å².